The Hall–Kier alpha value is -3.22. The summed E-state index contributed by atoms with van der Waals surface area (Å²) in [6.45, 7) is 23.4. The fourth-order valence-corrected chi connectivity index (χ4v) is 5.07. The topological polar surface area (TPSA) is 180 Å². The lowest BCUT2D eigenvalue weighted by atomic mass is 9.83. The summed E-state index contributed by atoms with van der Waals surface area (Å²) in [6.07, 6.45) is 4.24. The molecule has 1 aliphatic carbocycles. The molecule has 4 unspecified atom stereocenters. The predicted molar refractivity (Wildman–Crippen MR) is 191 cm³/mol. The summed E-state index contributed by atoms with van der Waals surface area (Å²) < 4.78 is 10.4. The molecule has 49 heavy (non-hydrogen) atoms. The molecule has 2 fully saturated rings. The van der Waals surface area contributed by atoms with E-state index in [1.54, 1.807) is 41.5 Å². The number of hydrogen-bond donors (Lipinski definition) is 4. The lowest BCUT2D eigenvalue weighted by Crippen LogP contribution is -2.58. The second-order valence-electron chi connectivity index (χ2n) is 13.8. The van der Waals surface area contributed by atoms with Gasteiger partial charge in [0.1, 0.15) is 23.3 Å². The van der Waals surface area contributed by atoms with Gasteiger partial charge in [-0.05, 0) is 80.1 Å². The third kappa shape index (κ3) is 18.9. The van der Waals surface area contributed by atoms with Crippen LogP contribution in [0, 0.1) is 5.92 Å². The maximum atomic E-state index is 13.8. The van der Waals surface area contributed by atoms with E-state index in [2.05, 4.69) is 29.8 Å². The molecule has 1 saturated heterocycles. The van der Waals surface area contributed by atoms with Gasteiger partial charge >= 0.3 is 12.1 Å². The van der Waals surface area contributed by atoms with Gasteiger partial charge in [-0.15, -0.1) is 0 Å². The number of Topliss-reactive ketones (excluding diaryl/α,β-unsaturated/α-hetero) is 1. The van der Waals surface area contributed by atoms with Crippen molar-refractivity contribution >= 4 is 35.6 Å². The second kappa shape index (κ2) is 24.0. The summed E-state index contributed by atoms with van der Waals surface area (Å²) in [4.78, 5) is 77.9. The van der Waals surface area contributed by atoms with Gasteiger partial charge in [0.25, 0.3) is 5.91 Å². The van der Waals surface area contributed by atoms with Crippen molar-refractivity contribution in [3.63, 3.8) is 0 Å². The molecule has 2 rings (SSSR count). The highest BCUT2D eigenvalue weighted by atomic mass is 16.6. The fourth-order valence-electron chi connectivity index (χ4n) is 5.07. The number of likely N-dealkylation sites (tertiary alicyclic amines) is 1. The number of ketones is 1. The number of nitrogens with zero attached hydrogens (tertiary/aromatic N) is 1. The molecule has 0 aromatic heterocycles. The predicted octanol–water partition coefficient (Wildman–Crippen LogP) is 4.81. The molecule has 0 aromatic carbocycles. The number of hydrogen-bond acceptors (Lipinski definition) is 9. The molecule has 0 aromatic rings. The molecule has 2 aliphatic rings. The minimum absolute atomic E-state index is 0.0942. The first-order chi connectivity index (χ1) is 22.8. The molecular weight excluding hydrogens is 632 g/mol. The minimum Gasteiger partial charge on any atom is -0.458 e. The maximum absolute atomic E-state index is 13.8. The molecule has 286 valence electrons. The van der Waals surface area contributed by atoms with E-state index in [9.17, 15) is 33.9 Å². The highest BCUT2D eigenvalue weighted by Gasteiger charge is 2.42. The van der Waals surface area contributed by atoms with E-state index >= 15 is 0 Å². The maximum Gasteiger partial charge on any atom is 0.408 e. The van der Waals surface area contributed by atoms with Crippen LogP contribution in [0.4, 0.5) is 4.79 Å². The van der Waals surface area contributed by atoms with Gasteiger partial charge in [-0.25, -0.2) is 9.59 Å². The zero-order valence-electron chi connectivity index (χ0n) is 32.6. The molecule has 13 nitrogen and oxygen atoms in total. The normalized spacial score (nSPS) is 17.8. The van der Waals surface area contributed by atoms with Gasteiger partial charge in [-0.1, -0.05) is 67.2 Å². The Labute approximate surface area is 295 Å². The van der Waals surface area contributed by atoms with Crippen molar-refractivity contribution in [3.05, 3.63) is 0 Å². The molecule has 1 aliphatic heterocycles. The number of carbonyl (C=O) groups is 6. The molecule has 4 amide bonds. The van der Waals surface area contributed by atoms with Gasteiger partial charge in [0.05, 0.1) is 12.6 Å². The molecule has 4 atom stereocenters. The van der Waals surface area contributed by atoms with Crippen LogP contribution in [0.2, 0.25) is 0 Å². The van der Waals surface area contributed by atoms with Crippen LogP contribution in [0.3, 0.4) is 0 Å². The standard InChI is InChI=1S/C29H48N4O9.C3H8.2C2H6/c1-17(22(35)24(37)30-16-20(34)26(39)41-28(2,3)4)31-23(36)19-14-11-15-33(19)25(38)21(18-12-9-8-10-13-18)32-27(40)42-29(5,6)7;1-3-2;2*1-2/h17-21,34H,8-16H2,1-7H3,(H,30,37)(H,31,36)(H,32,40);3H2,1-2H3;2*1-2H3. The van der Waals surface area contributed by atoms with Crippen LogP contribution in [-0.4, -0.2) is 94.1 Å². The van der Waals surface area contributed by atoms with E-state index < -0.39 is 71.6 Å². The molecule has 0 bridgehead atoms. The number of nitrogens with one attached hydrogen (secondary N) is 3. The van der Waals surface area contributed by atoms with E-state index in [-0.39, 0.29) is 11.8 Å². The monoisotopic (exact) mass is 700 g/mol. The highest BCUT2D eigenvalue weighted by molar-refractivity contribution is 6.38. The molecule has 0 spiro atoms. The van der Waals surface area contributed by atoms with E-state index in [1.165, 1.54) is 18.2 Å². The summed E-state index contributed by atoms with van der Waals surface area (Å²) in [7, 11) is 0. The van der Waals surface area contributed by atoms with Crippen LogP contribution in [0.1, 0.15) is 141 Å². The molecule has 0 radical (unpaired) electrons. The van der Waals surface area contributed by atoms with Crippen molar-refractivity contribution < 1.29 is 43.3 Å². The average molecular weight is 701 g/mol. The third-order valence-corrected chi connectivity index (χ3v) is 7.01. The van der Waals surface area contributed by atoms with Crippen molar-refractivity contribution in [1.82, 2.24) is 20.9 Å². The number of amides is 4. The highest BCUT2D eigenvalue weighted by Crippen LogP contribution is 2.29. The molecule has 13 heteroatoms. The smallest absolute Gasteiger partial charge is 0.408 e. The first-order valence-corrected chi connectivity index (χ1v) is 18.1. The minimum atomic E-state index is -1.67. The van der Waals surface area contributed by atoms with Crippen molar-refractivity contribution in [2.24, 2.45) is 5.92 Å². The number of esters is 1. The van der Waals surface area contributed by atoms with E-state index in [0.717, 1.165) is 32.1 Å². The second-order valence-corrected chi connectivity index (χ2v) is 13.8. The molecule has 1 saturated carbocycles. The van der Waals surface area contributed by atoms with Gasteiger partial charge in [-0.2, -0.15) is 0 Å². The van der Waals surface area contributed by atoms with Crippen LogP contribution in [-0.2, 0) is 33.4 Å². The Morgan fingerprint density at radius 3 is 1.80 bits per heavy atom. The Morgan fingerprint density at radius 1 is 0.796 bits per heavy atom. The summed E-state index contributed by atoms with van der Waals surface area (Å²) in [5, 5.41) is 17.4. The van der Waals surface area contributed by atoms with Gasteiger partial charge in [-0.3, -0.25) is 19.2 Å². The number of aliphatic hydroxyl groups is 1. The summed E-state index contributed by atoms with van der Waals surface area (Å²) >= 11 is 0. The van der Waals surface area contributed by atoms with Gasteiger partial charge in [0.15, 0.2) is 6.10 Å². The summed E-state index contributed by atoms with van der Waals surface area (Å²) in [5.74, 6) is -4.09. The van der Waals surface area contributed by atoms with Gasteiger partial charge < -0.3 is 35.4 Å². The van der Waals surface area contributed by atoms with Gasteiger partial charge in [0.2, 0.25) is 17.6 Å². The van der Waals surface area contributed by atoms with E-state index in [4.69, 9.17) is 9.47 Å². The molecule has 4 N–H and O–H groups in total. The average Bonchev–Trinajstić information content (AvgIpc) is 3.53. The Balaban J connectivity index is 0. The molecule has 1 heterocycles. The van der Waals surface area contributed by atoms with Crippen molar-refractivity contribution in [2.75, 3.05) is 13.1 Å². The van der Waals surface area contributed by atoms with E-state index in [0.29, 0.717) is 19.4 Å². The van der Waals surface area contributed by atoms with Crippen LogP contribution in [0.5, 0.6) is 0 Å². The SMILES string of the molecule is CC.CC.CC(NC(=O)C1CCCN1C(=O)C(NC(=O)OC(C)(C)C)C1CCCCC1)C(=O)C(=O)NCC(O)C(=O)OC(C)(C)C.CCC. The number of alkyl carbamates (subject to hydrolysis) is 1. The van der Waals surface area contributed by atoms with Crippen molar-refractivity contribution in [1.29, 1.82) is 0 Å². The largest absolute Gasteiger partial charge is 0.458 e. The molecular formula is C36H68N4O9. The summed E-state index contributed by atoms with van der Waals surface area (Å²) in [5.41, 5.74) is -1.59. The first-order valence-electron chi connectivity index (χ1n) is 18.1. The number of rotatable bonds is 10. The number of carbonyl (C=O) groups excluding carboxylic acids is 6. The fraction of sp³-hybridized carbons (Fsp3) is 0.833. The first kappa shape index (κ1) is 47.9. The Bertz CT molecular complexity index is 1030. The van der Waals surface area contributed by atoms with Crippen LogP contribution in [0.15, 0.2) is 0 Å². The number of aliphatic hydroxyl groups excluding tert-OH is 1. The summed E-state index contributed by atoms with van der Waals surface area (Å²) in [6, 6.07) is -2.96. The lowest BCUT2D eigenvalue weighted by Gasteiger charge is -2.35. The third-order valence-electron chi connectivity index (χ3n) is 7.01. The zero-order valence-corrected chi connectivity index (χ0v) is 32.6. The van der Waals surface area contributed by atoms with Gasteiger partial charge in [0, 0.05) is 6.54 Å². The zero-order chi connectivity index (χ0) is 38.5. The van der Waals surface area contributed by atoms with E-state index in [1.807, 2.05) is 27.7 Å². The van der Waals surface area contributed by atoms with Crippen LogP contribution < -0.4 is 16.0 Å². The quantitative estimate of drug-likeness (QED) is 0.184. The Morgan fingerprint density at radius 2 is 1.31 bits per heavy atom. The van der Waals surface area contributed by atoms with Crippen LogP contribution in [0.25, 0.3) is 0 Å². The number of ether oxygens (including phenoxy) is 2. The van der Waals surface area contributed by atoms with Crippen molar-refractivity contribution in [3.8, 4) is 0 Å². The van der Waals surface area contributed by atoms with Crippen LogP contribution >= 0.6 is 0 Å². The lowest BCUT2D eigenvalue weighted by molar-refractivity contribution is -0.164. The van der Waals surface area contributed by atoms with Crippen molar-refractivity contribution in [2.45, 2.75) is 177 Å². The Kier molecular flexibility index (Phi) is 23.5.